The van der Waals surface area contributed by atoms with E-state index in [1.165, 1.54) is 18.4 Å². The zero-order valence-electron chi connectivity index (χ0n) is 15.3. The van der Waals surface area contributed by atoms with Crippen LogP contribution in [0.25, 0.3) is 11.5 Å². The number of hydrogen-bond donors (Lipinski definition) is 1. The molecule has 4 rings (SSSR count). The molecule has 1 amide bonds. The fourth-order valence-corrected chi connectivity index (χ4v) is 2.78. The van der Waals surface area contributed by atoms with Crippen molar-refractivity contribution in [2.45, 2.75) is 6.42 Å². The Kier molecular flexibility index (Phi) is 5.33. The van der Waals surface area contributed by atoms with E-state index in [1.807, 2.05) is 30.3 Å². The highest BCUT2D eigenvalue weighted by atomic mass is 19.1. The number of rotatable bonds is 6. The number of para-hydroxylation sites is 2. The molecule has 3 aromatic carbocycles. The lowest BCUT2D eigenvalue weighted by atomic mass is 10.2. The van der Waals surface area contributed by atoms with Gasteiger partial charge in [0.1, 0.15) is 17.8 Å². The van der Waals surface area contributed by atoms with Gasteiger partial charge in [0.25, 0.3) is 0 Å². The van der Waals surface area contributed by atoms with E-state index >= 15 is 0 Å². The molecule has 144 valence electrons. The maximum atomic E-state index is 13.4. The molecule has 1 heterocycles. The second-order valence-electron chi connectivity index (χ2n) is 6.29. The first-order chi connectivity index (χ1) is 14.2. The highest BCUT2D eigenvalue weighted by Crippen LogP contribution is 2.29. The number of nitrogens with zero attached hydrogens (tertiary/aromatic N) is 1. The Morgan fingerprint density at radius 3 is 2.62 bits per heavy atom. The quantitative estimate of drug-likeness (QED) is 0.477. The molecule has 1 N–H and O–H groups in total. The van der Waals surface area contributed by atoms with E-state index in [1.54, 1.807) is 36.4 Å². The van der Waals surface area contributed by atoms with Crippen molar-refractivity contribution in [2.24, 2.45) is 0 Å². The fourth-order valence-electron chi connectivity index (χ4n) is 2.78. The minimum absolute atomic E-state index is 0.0463. The van der Waals surface area contributed by atoms with Crippen LogP contribution >= 0.6 is 0 Å². The van der Waals surface area contributed by atoms with Gasteiger partial charge in [0.05, 0.1) is 17.8 Å². The predicted octanol–water partition coefficient (Wildman–Crippen LogP) is 5.45. The molecule has 5 nitrogen and oxygen atoms in total. The van der Waals surface area contributed by atoms with E-state index in [-0.39, 0.29) is 12.3 Å². The van der Waals surface area contributed by atoms with Crippen LogP contribution in [0.2, 0.25) is 0 Å². The molecule has 0 spiro atoms. The maximum absolute atomic E-state index is 13.4. The Bertz CT molecular complexity index is 1130. The van der Waals surface area contributed by atoms with Gasteiger partial charge < -0.3 is 14.5 Å². The maximum Gasteiger partial charge on any atom is 0.230 e. The fraction of sp³-hybridized carbons (Fsp3) is 0.0435. The summed E-state index contributed by atoms with van der Waals surface area (Å²) < 4.78 is 24.6. The van der Waals surface area contributed by atoms with Crippen LogP contribution in [0, 0.1) is 5.82 Å². The van der Waals surface area contributed by atoms with Crippen LogP contribution in [0.5, 0.6) is 11.5 Å². The molecule has 29 heavy (non-hydrogen) atoms. The Morgan fingerprint density at radius 1 is 1.00 bits per heavy atom. The van der Waals surface area contributed by atoms with Crippen molar-refractivity contribution < 1.29 is 18.3 Å². The lowest BCUT2D eigenvalue weighted by Gasteiger charge is -2.12. The molecular formula is C23H17FN2O3. The van der Waals surface area contributed by atoms with E-state index in [4.69, 9.17) is 9.15 Å². The van der Waals surface area contributed by atoms with Gasteiger partial charge in [-0.2, -0.15) is 0 Å². The number of hydrogen-bond acceptors (Lipinski definition) is 4. The van der Waals surface area contributed by atoms with Gasteiger partial charge in [-0.1, -0.05) is 36.4 Å². The molecule has 0 aliphatic carbocycles. The summed E-state index contributed by atoms with van der Waals surface area (Å²) in [5, 5.41) is 2.80. The number of anilines is 1. The van der Waals surface area contributed by atoms with E-state index in [2.05, 4.69) is 10.3 Å². The largest absolute Gasteiger partial charge is 0.455 e. The Balaban J connectivity index is 1.45. The molecular weight excluding hydrogens is 371 g/mol. The van der Waals surface area contributed by atoms with Crippen molar-refractivity contribution in [3.05, 3.63) is 96.6 Å². The van der Waals surface area contributed by atoms with Gasteiger partial charge in [-0.3, -0.25) is 4.79 Å². The van der Waals surface area contributed by atoms with Gasteiger partial charge in [-0.15, -0.1) is 0 Å². The van der Waals surface area contributed by atoms with Gasteiger partial charge in [0.2, 0.25) is 11.8 Å². The summed E-state index contributed by atoms with van der Waals surface area (Å²) in [7, 11) is 0. The summed E-state index contributed by atoms with van der Waals surface area (Å²) in [4.78, 5) is 16.8. The van der Waals surface area contributed by atoms with E-state index < -0.39 is 5.82 Å². The van der Waals surface area contributed by atoms with Crippen LogP contribution in [-0.4, -0.2) is 10.9 Å². The number of amides is 1. The first kappa shape index (κ1) is 18.4. The van der Waals surface area contributed by atoms with E-state index in [9.17, 15) is 9.18 Å². The Labute approximate surface area is 166 Å². The standard InChI is InChI=1S/C23H17FN2O3/c24-17-9-6-10-19(13-17)29-21-12-5-4-11-20(21)26-22(27)14-18-15-28-23(25-18)16-7-2-1-3-8-16/h1-13,15H,14H2,(H,26,27). The van der Waals surface area contributed by atoms with Crippen molar-refractivity contribution >= 4 is 11.6 Å². The number of oxazole rings is 1. The first-order valence-corrected chi connectivity index (χ1v) is 8.99. The van der Waals surface area contributed by atoms with E-state index in [0.29, 0.717) is 28.8 Å². The summed E-state index contributed by atoms with van der Waals surface area (Å²) in [6, 6.07) is 22.2. The molecule has 0 unspecified atom stereocenters. The number of carbonyl (C=O) groups is 1. The average molecular weight is 388 g/mol. The molecule has 0 fully saturated rings. The summed E-state index contributed by atoms with van der Waals surface area (Å²) in [5.74, 6) is 0.549. The van der Waals surface area contributed by atoms with E-state index in [0.717, 1.165) is 5.56 Å². The molecule has 0 aliphatic rings. The van der Waals surface area contributed by atoms with Gasteiger partial charge in [-0.25, -0.2) is 9.37 Å². The number of carbonyl (C=O) groups excluding carboxylic acids is 1. The van der Waals surface area contributed by atoms with Crippen molar-refractivity contribution in [1.82, 2.24) is 4.98 Å². The highest BCUT2D eigenvalue weighted by Gasteiger charge is 2.13. The summed E-state index contributed by atoms with van der Waals surface area (Å²) in [5.41, 5.74) is 1.84. The molecule has 0 aliphatic heterocycles. The smallest absolute Gasteiger partial charge is 0.230 e. The van der Waals surface area contributed by atoms with Crippen LogP contribution < -0.4 is 10.1 Å². The number of nitrogens with one attached hydrogen (secondary N) is 1. The second kappa shape index (κ2) is 8.39. The number of benzene rings is 3. The molecule has 4 aromatic rings. The third kappa shape index (κ3) is 4.68. The molecule has 1 aromatic heterocycles. The summed E-state index contributed by atoms with van der Waals surface area (Å²) >= 11 is 0. The topological polar surface area (TPSA) is 64.4 Å². The zero-order chi connectivity index (χ0) is 20.1. The van der Waals surface area contributed by atoms with Crippen molar-refractivity contribution in [3.63, 3.8) is 0 Å². The van der Waals surface area contributed by atoms with Crippen LogP contribution in [0.1, 0.15) is 5.69 Å². The van der Waals surface area contributed by atoms with Crippen molar-refractivity contribution in [3.8, 4) is 23.0 Å². The molecule has 0 saturated heterocycles. The molecule has 0 radical (unpaired) electrons. The SMILES string of the molecule is O=C(Cc1coc(-c2ccccc2)n1)Nc1ccccc1Oc1cccc(F)c1. The minimum Gasteiger partial charge on any atom is -0.455 e. The lowest BCUT2D eigenvalue weighted by molar-refractivity contribution is -0.115. The minimum atomic E-state index is -0.399. The van der Waals surface area contributed by atoms with Crippen LogP contribution in [0.4, 0.5) is 10.1 Å². The predicted molar refractivity (Wildman–Crippen MR) is 107 cm³/mol. The monoisotopic (exact) mass is 388 g/mol. The number of aromatic nitrogens is 1. The van der Waals surface area contributed by atoms with Crippen LogP contribution in [-0.2, 0) is 11.2 Å². The molecule has 0 atom stereocenters. The first-order valence-electron chi connectivity index (χ1n) is 8.99. The van der Waals surface area contributed by atoms with Gasteiger partial charge >= 0.3 is 0 Å². The Morgan fingerprint density at radius 2 is 1.79 bits per heavy atom. The van der Waals surface area contributed by atoms with Crippen LogP contribution in [0.15, 0.2) is 89.5 Å². The van der Waals surface area contributed by atoms with Crippen molar-refractivity contribution in [2.75, 3.05) is 5.32 Å². The summed E-state index contributed by atoms with van der Waals surface area (Å²) in [6.45, 7) is 0. The Hall–Kier alpha value is -3.93. The zero-order valence-corrected chi connectivity index (χ0v) is 15.3. The second-order valence-corrected chi connectivity index (χ2v) is 6.29. The van der Waals surface area contributed by atoms with Crippen LogP contribution in [0.3, 0.4) is 0 Å². The van der Waals surface area contributed by atoms with Gasteiger partial charge in [0, 0.05) is 11.6 Å². The lowest BCUT2D eigenvalue weighted by Crippen LogP contribution is -2.15. The third-order valence-electron chi connectivity index (χ3n) is 4.10. The average Bonchev–Trinajstić information content (AvgIpc) is 3.18. The molecule has 6 heteroatoms. The van der Waals surface area contributed by atoms with Gasteiger partial charge in [0.15, 0.2) is 5.75 Å². The third-order valence-corrected chi connectivity index (χ3v) is 4.10. The van der Waals surface area contributed by atoms with Crippen molar-refractivity contribution in [1.29, 1.82) is 0 Å². The highest BCUT2D eigenvalue weighted by molar-refractivity contribution is 5.93. The number of ether oxygens (including phenoxy) is 1. The van der Waals surface area contributed by atoms with Gasteiger partial charge in [-0.05, 0) is 36.4 Å². The number of halogens is 1. The summed E-state index contributed by atoms with van der Waals surface area (Å²) in [6.07, 6.45) is 1.52. The normalized spacial score (nSPS) is 10.5. The molecule has 0 saturated carbocycles. The molecule has 0 bridgehead atoms.